The molecule has 3 N–H and O–H groups in total. The molecule has 0 aliphatic heterocycles. The van der Waals surface area contributed by atoms with Gasteiger partial charge in [0.05, 0.1) is 18.6 Å². The van der Waals surface area contributed by atoms with E-state index >= 15 is 0 Å². The van der Waals surface area contributed by atoms with Gasteiger partial charge in [-0.15, -0.1) is 0 Å². The molecule has 2 atom stereocenters. The third-order valence-corrected chi connectivity index (χ3v) is 2.63. The molecule has 0 bridgehead atoms. The van der Waals surface area contributed by atoms with Crippen molar-refractivity contribution in [1.29, 1.82) is 0 Å². The summed E-state index contributed by atoms with van der Waals surface area (Å²) in [5, 5.41) is 27.3. The summed E-state index contributed by atoms with van der Waals surface area (Å²) in [4.78, 5) is 10.3. The third kappa shape index (κ3) is 9.93. The zero-order valence-corrected chi connectivity index (χ0v) is 10.1. The van der Waals surface area contributed by atoms with Gasteiger partial charge >= 0.3 is 5.97 Å². The van der Waals surface area contributed by atoms with E-state index in [0.717, 1.165) is 19.3 Å². The van der Waals surface area contributed by atoms with Gasteiger partial charge in [0.2, 0.25) is 0 Å². The van der Waals surface area contributed by atoms with Gasteiger partial charge in [-0.1, -0.05) is 32.6 Å². The number of aliphatic hydroxyl groups is 2. The van der Waals surface area contributed by atoms with Crippen LogP contribution < -0.4 is 0 Å². The standard InChI is InChI=1S/C12H24O4/c1-2-3-4-5-6-10(13)7-8-11(14)9-12(15)16/h10-11,13-14H,2-9H2,1H3,(H,15,16). The van der Waals surface area contributed by atoms with E-state index in [2.05, 4.69) is 6.92 Å². The van der Waals surface area contributed by atoms with Crippen molar-refractivity contribution in [2.75, 3.05) is 0 Å². The maximum atomic E-state index is 10.3. The molecule has 0 aromatic carbocycles. The molecule has 4 heteroatoms. The molecule has 0 rings (SSSR count). The molecule has 96 valence electrons. The minimum atomic E-state index is -0.995. The third-order valence-electron chi connectivity index (χ3n) is 2.63. The molecule has 0 saturated carbocycles. The molecule has 16 heavy (non-hydrogen) atoms. The van der Waals surface area contributed by atoms with Gasteiger partial charge < -0.3 is 15.3 Å². The predicted octanol–water partition coefficient (Wildman–Crippen LogP) is 1.93. The summed E-state index contributed by atoms with van der Waals surface area (Å²) in [6.45, 7) is 2.14. The van der Waals surface area contributed by atoms with Gasteiger partial charge in [-0.05, 0) is 19.3 Å². The van der Waals surface area contributed by atoms with Crippen LogP contribution in [0, 0.1) is 0 Å². The van der Waals surface area contributed by atoms with E-state index in [4.69, 9.17) is 5.11 Å². The number of hydrogen-bond acceptors (Lipinski definition) is 3. The molecular formula is C12H24O4. The zero-order valence-electron chi connectivity index (χ0n) is 10.1. The van der Waals surface area contributed by atoms with Crippen molar-refractivity contribution in [3.63, 3.8) is 0 Å². The molecule has 0 aliphatic carbocycles. The lowest BCUT2D eigenvalue weighted by Gasteiger charge is -2.12. The van der Waals surface area contributed by atoms with Crippen LogP contribution >= 0.6 is 0 Å². The molecule has 0 saturated heterocycles. The van der Waals surface area contributed by atoms with E-state index in [1.807, 2.05) is 0 Å². The summed E-state index contributed by atoms with van der Waals surface area (Å²) in [5.74, 6) is -0.995. The second kappa shape index (κ2) is 9.60. The summed E-state index contributed by atoms with van der Waals surface area (Å²) in [6, 6.07) is 0. The maximum absolute atomic E-state index is 10.3. The Hall–Kier alpha value is -0.610. The molecule has 2 unspecified atom stereocenters. The largest absolute Gasteiger partial charge is 0.481 e. The number of hydrogen-bond donors (Lipinski definition) is 3. The van der Waals surface area contributed by atoms with Crippen molar-refractivity contribution in [2.24, 2.45) is 0 Å². The van der Waals surface area contributed by atoms with Crippen LogP contribution in [0.1, 0.15) is 58.3 Å². The highest BCUT2D eigenvalue weighted by Gasteiger charge is 2.12. The van der Waals surface area contributed by atoms with Crippen molar-refractivity contribution in [2.45, 2.75) is 70.5 Å². The lowest BCUT2D eigenvalue weighted by atomic mass is 10.0. The highest BCUT2D eigenvalue weighted by atomic mass is 16.4. The Balaban J connectivity index is 3.41. The van der Waals surface area contributed by atoms with Crippen LogP contribution in [0.25, 0.3) is 0 Å². The summed E-state index contributed by atoms with van der Waals surface area (Å²) >= 11 is 0. The first kappa shape index (κ1) is 15.4. The number of aliphatic hydroxyl groups excluding tert-OH is 2. The highest BCUT2D eigenvalue weighted by Crippen LogP contribution is 2.11. The summed E-state index contributed by atoms with van der Waals surface area (Å²) in [6.07, 6.45) is 4.63. The minimum absolute atomic E-state index is 0.234. The van der Waals surface area contributed by atoms with E-state index in [9.17, 15) is 15.0 Å². The summed E-state index contributed by atoms with van der Waals surface area (Å²) < 4.78 is 0. The molecule has 0 aliphatic rings. The fraction of sp³-hybridized carbons (Fsp3) is 0.917. The first-order valence-corrected chi connectivity index (χ1v) is 6.14. The highest BCUT2D eigenvalue weighted by molar-refractivity contribution is 5.67. The van der Waals surface area contributed by atoms with Gasteiger partial charge in [-0.25, -0.2) is 0 Å². The Morgan fingerprint density at radius 3 is 2.19 bits per heavy atom. The van der Waals surface area contributed by atoms with E-state index in [-0.39, 0.29) is 6.42 Å². The van der Waals surface area contributed by atoms with E-state index in [1.54, 1.807) is 0 Å². The molecule has 0 heterocycles. The minimum Gasteiger partial charge on any atom is -0.481 e. The van der Waals surface area contributed by atoms with Gasteiger partial charge in [-0.3, -0.25) is 4.79 Å². The van der Waals surface area contributed by atoms with Crippen LogP contribution in [0.4, 0.5) is 0 Å². The van der Waals surface area contributed by atoms with E-state index < -0.39 is 18.2 Å². The Morgan fingerprint density at radius 1 is 1.00 bits per heavy atom. The lowest BCUT2D eigenvalue weighted by Crippen LogP contribution is -2.16. The van der Waals surface area contributed by atoms with Crippen molar-refractivity contribution < 1.29 is 20.1 Å². The molecule has 0 aromatic rings. The van der Waals surface area contributed by atoms with Gasteiger partial charge in [0.15, 0.2) is 0 Å². The van der Waals surface area contributed by atoms with Gasteiger partial charge in [0.1, 0.15) is 0 Å². The molecule has 0 spiro atoms. The number of unbranched alkanes of at least 4 members (excludes halogenated alkanes) is 3. The Bertz CT molecular complexity index is 182. The molecular weight excluding hydrogens is 208 g/mol. The fourth-order valence-electron chi connectivity index (χ4n) is 1.64. The number of aliphatic carboxylic acids is 1. The molecule has 0 fully saturated rings. The Morgan fingerprint density at radius 2 is 1.62 bits per heavy atom. The SMILES string of the molecule is CCCCCCC(O)CCC(O)CC(=O)O. The Kier molecular flexibility index (Phi) is 9.24. The van der Waals surface area contributed by atoms with Crippen LogP contribution in [-0.2, 0) is 4.79 Å². The average molecular weight is 232 g/mol. The monoisotopic (exact) mass is 232 g/mol. The number of carboxylic acid groups (broad SMARTS) is 1. The van der Waals surface area contributed by atoms with Crippen molar-refractivity contribution in [1.82, 2.24) is 0 Å². The van der Waals surface area contributed by atoms with Crippen molar-refractivity contribution in [3.8, 4) is 0 Å². The smallest absolute Gasteiger partial charge is 0.305 e. The van der Waals surface area contributed by atoms with E-state index in [0.29, 0.717) is 12.8 Å². The van der Waals surface area contributed by atoms with Crippen molar-refractivity contribution in [3.05, 3.63) is 0 Å². The maximum Gasteiger partial charge on any atom is 0.305 e. The van der Waals surface area contributed by atoms with Gasteiger partial charge in [0.25, 0.3) is 0 Å². The van der Waals surface area contributed by atoms with Gasteiger partial charge in [-0.2, -0.15) is 0 Å². The average Bonchev–Trinajstić information content (AvgIpc) is 2.20. The van der Waals surface area contributed by atoms with Crippen LogP contribution in [0.3, 0.4) is 0 Å². The molecule has 4 nitrogen and oxygen atoms in total. The topological polar surface area (TPSA) is 77.8 Å². The van der Waals surface area contributed by atoms with Crippen LogP contribution in [0.15, 0.2) is 0 Å². The summed E-state index contributed by atoms with van der Waals surface area (Å²) in [5.41, 5.74) is 0. The van der Waals surface area contributed by atoms with E-state index in [1.165, 1.54) is 12.8 Å². The molecule has 0 aromatic heterocycles. The zero-order chi connectivity index (χ0) is 12.4. The van der Waals surface area contributed by atoms with Crippen LogP contribution in [0.2, 0.25) is 0 Å². The summed E-state index contributed by atoms with van der Waals surface area (Å²) in [7, 11) is 0. The first-order valence-electron chi connectivity index (χ1n) is 6.14. The van der Waals surface area contributed by atoms with Crippen LogP contribution in [-0.4, -0.2) is 33.5 Å². The number of rotatable bonds is 10. The van der Waals surface area contributed by atoms with Crippen LogP contribution in [0.5, 0.6) is 0 Å². The second-order valence-corrected chi connectivity index (χ2v) is 4.33. The van der Waals surface area contributed by atoms with Crippen molar-refractivity contribution >= 4 is 5.97 Å². The lowest BCUT2D eigenvalue weighted by molar-refractivity contribution is -0.139. The second-order valence-electron chi connectivity index (χ2n) is 4.33. The Labute approximate surface area is 97.3 Å². The first-order chi connectivity index (χ1) is 7.56. The van der Waals surface area contributed by atoms with Gasteiger partial charge in [0, 0.05) is 0 Å². The normalized spacial score (nSPS) is 14.7. The number of carbonyl (C=O) groups is 1. The number of carboxylic acids is 1. The molecule has 0 amide bonds. The predicted molar refractivity (Wildman–Crippen MR) is 62.3 cm³/mol. The fourth-order valence-corrected chi connectivity index (χ4v) is 1.64. The quantitative estimate of drug-likeness (QED) is 0.503. The molecule has 0 radical (unpaired) electrons.